The summed E-state index contributed by atoms with van der Waals surface area (Å²) in [7, 11) is 0. The molecule has 1 atom stereocenters. The molecule has 78 valence electrons. The Bertz CT molecular complexity index is 299. The van der Waals surface area contributed by atoms with Crippen LogP contribution in [0.1, 0.15) is 18.1 Å². The highest BCUT2D eigenvalue weighted by atomic mass is 35.5. The van der Waals surface area contributed by atoms with Gasteiger partial charge in [0.05, 0.1) is 0 Å². The summed E-state index contributed by atoms with van der Waals surface area (Å²) >= 11 is 6.01. The van der Waals surface area contributed by atoms with Gasteiger partial charge >= 0.3 is 0 Å². The van der Waals surface area contributed by atoms with Gasteiger partial charge in [0, 0.05) is 24.2 Å². The van der Waals surface area contributed by atoms with Crippen LogP contribution in [0.5, 0.6) is 0 Å². The van der Waals surface area contributed by atoms with E-state index < -0.39 is 0 Å². The zero-order valence-electron chi connectivity index (χ0n) is 8.68. The zero-order chi connectivity index (χ0) is 10.6. The summed E-state index contributed by atoms with van der Waals surface area (Å²) < 4.78 is 0. The van der Waals surface area contributed by atoms with Crippen molar-refractivity contribution in [3.63, 3.8) is 0 Å². The van der Waals surface area contributed by atoms with Crippen LogP contribution in [0.2, 0.25) is 5.02 Å². The molecule has 0 aliphatic carbocycles. The van der Waals surface area contributed by atoms with Crippen molar-refractivity contribution < 1.29 is 0 Å². The van der Waals surface area contributed by atoms with Gasteiger partial charge in [-0.3, -0.25) is 0 Å². The van der Waals surface area contributed by atoms with Crippen molar-refractivity contribution in [1.29, 1.82) is 0 Å². The molecule has 0 aromatic heterocycles. The monoisotopic (exact) mass is 212 g/mol. The molecular formula is C11H17ClN2. The minimum atomic E-state index is 0.343. The van der Waals surface area contributed by atoms with E-state index in [0.29, 0.717) is 12.6 Å². The van der Waals surface area contributed by atoms with Crippen molar-refractivity contribution in [2.75, 3.05) is 6.54 Å². The van der Waals surface area contributed by atoms with Crippen molar-refractivity contribution in [2.45, 2.75) is 26.4 Å². The quantitative estimate of drug-likeness (QED) is 0.802. The van der Waals surface area contributed by atoms with Crippen LogP contribution >= 0.6 is 11.6 Å². The molecule has 3 N–H and O–H groups in total. The highest BCUT2D eigenvalue weighted by Gasteiger charge is 2.00. The minimum absolute atomic E-state index is 0.343. The molecule has 0 fully saturated rings. The predicted octanol–water partition coefficient (Wildman–Crippen LogP) is 2.09. The van der Waals surface area contributed by atoms with E-state index in [-0.39, 0.29) is 0 Å². The molecule has 0 heterocycles. The van der Waals surface area contributed by atoms with Gasteiger partial charge in [0.15, 0.2) is 0 Å². The molecule has 1 aromatic carbocycles. The number of halogens is 1. The second kappa shape index (κ2) is 5.35. The Hall–Kier alpha value is -0.570. The van der Waals surface area contributed by atoms with E-state index in [2.05, 4.69) is 18.3 Å². The van der Waals surface area contributed by atoms with Crippen molar-refractivity contribution in [1.82, 2.24) is 5.32 Å². The molecule has 14 heavy (non-hydrogen) atoms. The molecule has 0 radical (unpaired) electrons. The summed E-state index contributed by atoms with van der Waals surface area (Å²) in [5.41, 5.74) is 7.81. The zero-order valence-corrected chi connectivity index (χ0v) is 9.43. The number of hydrogen-bond donors (Lipinski definition) is 2. The van der Waals surface area contributed by atoms with Gasteiger partial charge < -0.3 is 11.1 Å². The van der Waals surface area contributed by atoms with E-state index >= 15 is 0 Å². The SMILES string of the molecule is Cc1ccc(CN[C@@H](C)CN)cc1Cl. The Labute approximate surface area is 90.4 Å². The molecule has 0 saturated carbocycles. The smallest absolute Gasteiger partial charge is 0.0438 e. The molecule has 1 aromatic rings. The molecule has 0 aliphatic rings. The number of benzene rings is 1. The molecule has 0 spiro atoms. The second-order valence-corrected chi connectivity index (χ2v) is 4.01. The van der Waals surface area contributed by atoms with Crippen molar-refractivity contribution >= 4 is 11.6 Å². The molecule has 2 nitrogen and oxygen atoms in total. The molecule has 1 rings (SSSR count). The summed E-state index contributed by atoms with van der Waals surface area (Å²) in [4.78, 5) is 0. The van der Waals surface area contributed by atoms with Gasteiger partial charge in [-0.1, -0.05) is 23.7 Å². The van der Waals surface area contributed by atoms with Crippen LogP contribution in [-0.2, 0) is 6.54 Å². The van der Waals surface area contributed by atoms with Crippen LogP contribution < -0.4 is 11.1 Å². The van der Waals surface area contributed by atoms with Gasteiger partial charge in [-0.25, -0.2) is 0 Å². The Morgan fingerprint density at radius 2 is 2.21 bits per heavy atom. The average Bonchev–Trinajstić information content (AvgIpc) is 2.19. The van der Waals surface area contributed by atoms with E-state index in [1.54, 1.807) is 0 Å². The molecule has 0 unspecified atom stereocenters. The third kappa shape index (κ3) is 3.29. The highest BCUT2D eigenvalue weighted by Crippen LogP contribution is 2.16. The van der Waals surface area contributed by atoms with Gasteiger partial charge in [0.25, 0.3) is 0 Å². The molecule has 0 aliphatic heterocycles. The standard InChI is InChI=1S/C11H17ClN2/c1-8-3-4-10(5-11(8)12)7-14-9(2)6-13/h3-5,9,14H,6-7,13H2,1-2H3/t9-/m0/s1. The van der Waals surface area contributed by atoms with Crippen LogP contribution in [0.4, 0.5) is 0 Å². The van der Waals surface area contributed by atoms with Crippen LogP contribution in [0.15, 0.2) is 18.2 Å². The fraction of sp³-hybridized carbons (Fsp3) is 0.455. The van der Waals surface area contributed by atoms with Gasteiger partial charge in [0.1, 0.15) is 0 Å². The number of hydrogen-bond acceptors (Lipinski definition) is 2. The van der Waals surface area contributed by atoms with Gasteiger partial charge in [-0.2, -0.15) is 0 Å². The van der Waals surface area contributed by atoms with Crippen LogP contribution in [-0.4, -0.2) is 12.6 Å². The second-order valence-electron chi connectivity index (χ2n) is 3.60. The Kier molecular flexibility index (Phi) is 4.39. The van der Waals surface area contributed by atoms with E-state index in [1.165, 1.54) is 5.56 Å². The number of aryl methyl sites for hydroxylation is 1. The number of nitrogens with one attached hydrogen (secondary N) is 1. The first kappa shape index (κ1) is 11.5. The highest BCUT2D eigenvalue weighted by molar-refractivity contribution is 6.31. The van der Waals surface area contributed by atoms with Crippen molar-refractivity contribution in [3.05, 3.63) is 34.3 Å². The molecular weight excluding hydrogens is 196 g/mol. The lowest BCUT2D eigenvalue weighted by Gasteiger charge is -2.11. The van der Waals surface area contributed by atoms with E-state index in [1.807, 2.05) is 19.1 Å². The first-order valence-corrected chi connectivity index (χ1v) is 5.19. The maximum Gasteiger partial charge on any atom is 0.0438 e. The lowest BCUT2D eigenvalue weighted by molar-refractivity contribution is 0.556. The largest absolute Gasteiger partial charge is 0.329 e. The molecule has 0 saturated heterocycles. The maximum atomic E-state index is 6.01. The minimum Gasteiger partial charge on any atom is -0.329 e. The number of rotatable bonds is 4. The maximum absolute atomic E-state index is 6.01. The van der Waals surface area contributed by atoms with Gasteiger partial charge in [-0.05, 0) is 31.0 Å². The third-order valence-corrected chi connectivity index (χ3v) is 2.65. The normalized spacial score (nSPS) is 12.9. The van der Waals surface area contributed by atoms with Crippen molar-refractivity contribution in [2.24, 2.45) is 5.73 Å². The summed E-state index contributed by atoms with van der Waals surface area (Å²) in [6, 6.07) is 6.45. The fourth-order valence-corrected chi connectivity index (χ4v) is 1.32. The third-order valence-electron chi connectivity index (χ3n) is 2.24. The van der Waals surface area contributed by atoms with E-state index in [4.69, 9.17) is 17.3 Å². The lowest BCUT2D eigenvalue weighted by atomic mass is 10.1. The Balaban J connectivity index is 2.55. The first-order chi connectivity index (χ1) is 6.63. The number of nitrogens with two attached hydrogens (primary N) is 1. The summed E-state index contributed by atoms with van der Waals surface area (Å²) in [6.07, 6.45) is 0. The topological polar surface area (TPSA) is 38.0 Å². The van der Waals surface area contributed by atoms with Gasteiger partial charge in [-0.15, -0.1) is 0 Å². The van der Waals surface area contributed by atoms with Crippen molar-refractivity contribution in [3.8, 4) is 0 Å². The van der Waals surface area contributed by atoms with Crippen LogP contribution in [0.25, 0.3) is 0 Å². The fourth-order valence-electron chi connectivity index (χ4n) is 1.12. The summed E-state index contributed by atoms with van der Waals surface area (Å²) in [5, 5.41) is 4.14. The van der Waals surface area contributed by atoms with Crippen LogP contribution in [0.3, 0.4) is 0 Å². The first-order valence-electron chi connectivity index (χ1n) is 4.82. The van der Waals surface area contributed by atoms with Crippen LogP contribution in [0, 0.1) is 6.92 Å². The summed E-state index contributed by atoms with van der Waals surface area (Å²) in [6.45, 7) is 5.54. The molecule has 0 amide bonds. The summed E-state index contributed by atoms with van der Waals surface area (Å²) in [5.74, 6) is 0. The van der Waals surface area contributed by atoms with E-state index in [9.17, 15) is 0 Å². The average molecular weight is 213 g/mol. The van der Waals surface area contributed by atoms with Gasteiger partial charge in [0.2, 0.25) is 0 Å². The Morgan fingerprint density at radius 1 is 1.50 bits per heavy atom. The van der Waals surface area contributed by atoms with E-state index in [0.717, 1.165) is 17.1 Å². The molecule has 0 bridgehead atoms. The predicted molar refractivity (Wildman–Crippen MR) is 61.5 cm³/mol. The molecule has 3 heteroatoms. The lowest BCUT2D eigenvalue weighted by Crippen LogP contribution is -2.32. The Morgan fingerprint density at radius 3 is 2.79 bits per heavy atom.